The summed E-state index contributed by atoms with van der Waals surface area (Å²) in [6, 6.07) is 17.5. The van der Waals surface area contributed by atoms with E-state index in [9.17, 15) is 22.4 Å². The Hall–Kier alpha value is -3.43. The summed E-state index contributed by atoms with van der Waals surface area (Å²) in [6.45, 7) is 5.16. The predicted molar refractivity (Wildman–Crippen MR) is 151 cm³/mol. The minimum atomic E-state index is -4.35. The molecule has 208 valence electrons. The minimum Gasteiger partial charge on any atom is -0.354 e. The second-order valence-corrected chi connectivity index (χ2v) is 11.4. The molecular weight excluding hydrogens is 541 g/mol. The molecule has 2 amide bonds. The summed E-state index contributed by atoms with van der Waals surface area (Å²) in [5, 5.41) is 3.22. The van der Waals surface area contributed by atoms with Crippen LogP contribution in [0.25, 0.3) is 0 Å². The molecule has 1 N–H and O–H groups in total. The van der Waals surface area contributed by atoms with Crippen LogP contribution >= 0.6 is 11.6 Å². The number of hydrogen-bond donors (Lipinski definition) is 1. The number of hydrogen-bond acceptors (Lipinski definition) is 4. The average molecular weight is 574 g/mol. The topological polar surface area (TPSA) is 86.8 Å². The molecule has 0 saturated heterocycles. The predicted octanol–water partition coefficient (Wildman–Crippen LogP) is 5.32. The highest BCUT2D eigenvalue weighted by Gasteiger charge is 2.34. The number of carbonyl (C=O) groups is 2. The zero-order valence-corrected chi connectivity index (χ0v) is 23.8. The maximum Gasteiger partial charge on any atom is 0.264 e. The van der Waals surface area contributed by atoms with Gasteiger partial charge in [0.1, 0.15) is 18.4 Å². The molecule has 0 aliphatic rings. The molecule has 0 bridgehead atoms. The third-order valence-electron chi connectivity index (χ3n) is 6.24. The van der Waals surface area contributed by atoms with Crippen molar-refractivity contribution in [3.63, 3.8) is 0 Å². The standard InChI is InChI=1S/C29H33ClFN3O4S/c1-4-18-32-29(36)26(5-2)33(19-22-10-6-7-11-24(22)30)28(35)20-34(27-13-9-8-12-25(27)31)39(37,38)23-16-14-21(3)15-17-23/h6-17,26H,4-5,18-20H2,1-3H3,(H,32,36). The summed E-state index contributed by atoms with van der Waals surface area (Å²) in [4.78, 5) is 28.2. The monoisotopic (exact) mass is 573 g/mol. The van der Waals surface area contributed by atoms with Crippen molar-refractivity contribution in [1.29, 1.82) is 0 Å². The van der Waals surface area contributed by atoms with Crippen LogP contribution in [0.3, 0.4) is 0 Å². The van der Waals surface area contributed by atoms with E-state index in [4.69, 9.17) is 11.6 Å². The molecule has 0 saturated carbocycles. The maximum atomic E-state index is 15.0. The summed E-state index contributed by atoms with van der Waals surface area (Å²) in [6.07, 6.45) is 0.979. The first-order chi connectivity index (χ1) is 18.6. The number of nitrogens with one attached hydrogen (secondary N) is 1. The molecule has 3 rings (SSSR count). The maximum absolute atomic E-state index is 15.0. The lowest BCUT2D eigenvalue weighted by Crippen LogP contribution is -2.52. The van der Waals surface area contributed by atoms with Crippen molar-refractivity contribution in [1.82, 2.24) is 10.2 Å². The fourth-order valence-electron chi connectivity index (χ4n) is 4.10. The van der Waals surface area contributed by atoms with Crippen LogP contribution in [0.15, 0.2) is 77.7 Å². The van der Waals surface area contributed by atoms with Crippen LogP contribution in [0, 0.1) is 12.7 Å². The van der Waals surface area contributed by atoms with Crippen molar-refractivity contribution in [2.24, 2.45) is 0 Å². The van der Waals surface area contributed by atoms with Gasteiger partial charge >= 0.3 is 0 Å². The van der Waals surface area contributed by atoms with Gasteiger partial charge in [-0.15, -0.1) is 0 Å². The van der Waals surface area contributed by atoms with Gasteiger partial charge < -0.3 is 10.2 Å². The van der Waals surface area contributed by atoms with Crippen molar-refractivity contribution in [3.05, 3.63) is 94.8 Å². The molecule has 1 atom stereocenters. The molecule has 10 heteroatoms. The second-order valence-electron chi connectivity index (χ2n) is 9.10. The van der Waals surface area contributed by atoms with E-state index in [-0.39, 0.29) is 29.5 Å². The van der Waals surface area contributed by atoms with Crippen LogP contribution in [-0.4, -0.2) is 44.3 Å². The number of para-hydroxylation sites is 1. The van der Waals surface area contributed by atoms with Crippen molar-refractivity contribution >= 4 is 39.1 Å². The molecule has 0 radical (unpaired) electrons. The molecule has 1 unspecified atom stereocenters. The van der Waals surface area contributed by atoms with Crippen molar-refractivity contribution in [2.45, 2.75) is 51.1 Å². The molecule has 7 nitrogen and oxygen atoms in total. The normalized spacial score (nSPS) is 12.0. The smallest absolute Gasteiger partial charge is 0.264 e. The fourth-order valence-corrected chi connectivity index (χ4v) is 5.72. The van der Waals surface area contributed by atoms with E-state index in [1.807, 2.05) is 13.8 Å². The Labute approximate surface area is 234 Å². The summed E-state index contributed by atoms with van der Waals surface area (Å²) in [7, 11) is -4.35. The number of sulfonamides is 1. The number of aryl methyl sites for hydroxylation is 1. The van der Waals surface area contributed by atoms with Crippen LogP contribution in [0.2, 0.25) is 5.02 Å². The Bertz CT molecular complexity index is 1400. The van der Waals surface area contributed by atoms with Crippen molar-refractivity contribution in [2.75, 3.05) is 17.4 Å². The van der Waals surface area contributed by atoms with Crippen LogP contribution in [0.1, 0.15) is 37.8 Å². The van der Waals surface area contributed by atoms with E-state index in [2.05, 4.69) is 5.32 Å². The third kappa shape index (κ3) is 7.36. The number of carbonyl (C=O) groups excluding carboxylic acids is 2. The van der Waals surface area contributed by atoms with Gasteiger partial charge in [0.05, 0.1) is 10.6 Å². The minimum absolute atomic E-state index is 0.0355. The van der Waals surface area contributed by atoms with Gasteiger partial charge in [0.25, 0.3) is 10.0 Å². The van der Waals surface area contributed by atoms with E-state index in [1.54, 1.807) is 43.3 Å². The third-order valence-corrected chi connectivity index (χ3v) is 8.39. The number of rotatable bonds is 12. The van der Waals surface area contributed by atoms with E-state index in [0.717, 1.165) is 15.9 Å². The highest BCUT2D eigenvalue weighted by Crippen LogP contribution is 2.28. The van der Waals surface area contributed by atoms with E-state index in [0.29, 0.717) is 23.6 Å². The van der Waals surface area contributed by atoms with Gasteiger partial charge in [0, 0.05) is 18.1 Å². The lowest BCUT2D eigenvalue weighted by atomic mass is 10.1. The Morgan fingerprint density at radius 1 is 0.974 bits per heavy atom. The van der Waals surface area contributed by atoms with E-state index >= 15 is 0 Å². The first kappa shape index (κ1) is 30.1. The summed E-state index contributed by atoms with van der Waals surface area (Å²) in [5.74, 6) is -1.84. The quantitative estimate of drug-likeness (QED) is 0.318. The average Bonchev–Trinajstić information content (AvgIpc) is 2.92. The summed E-state index contributed by atoms with van der Waals surface area (Å²) >= 11 is 6.38. The van der Waals surface area contributed by atoms with Crippen molar-refractivity contribution in [3.8, 4) is 0 Å². The first-order valence-corrected chi connectivity index (χ1v) is 14.6. The Morgan fingerprint density at radius 3 is 2.23 bits per heavy atom. The van der Waals surface area contributed by atoms with Gasteiger partial charge in [-0.3, -0.25) is 13.9 Å². The Morgan fingerprint density at radius 2 is 1.62 bits per heavy atom. The Kier molecular flexibility index (Phi) is 10.5. The van der Waals surface area contributed by atoms with Gasteiger partial charge in [0.15, 0.2) is 0 Å². The molecule has 0 aromatic heterocycles. The number of nitrogens with zero attached hydrogens (tertiary/aromatic N) is 2. The van der Waals surface area contributed by atoms with E-state index in [1.165, 1.54) is 35.2 Å². The molecule has 39 heavy (non-hydrogen) atoms. The van der Waals surface area contributed by atoms with Crippen molar-refractivity contribution < 1.29 is 22.4 Å². The first-order valence-electron chi connectivity index (χ1n) is 12.7. The van der Waals surface area contributed by atoms with Crippen LogP contribution < -0.4 is 9.62 Å². The largest absolute Gasteiger partial charge is 0.354 e. The van der Waals surface area contributed by atoms with Crippen LogP contribution in [0.5, 0.6) is 0 Å². The number of halogens is 2. The van der Waals surface area contributed by atoms with Gasteiger partial charge in [-0.25, -0.2) is 12.8 Å². The lowest BCUT2D eigenvalue weighted by molar-refractivity contribution is -0.140. The number of amides is 2. The molecule has 0 aliphatic heterocycles. The molecule has 0 spiro atoms. The Balaban J connectivity index is 2.07. The lowest BCUT2D eigenvalue weighted by Gasteiger charge is -2.33. The SMILES string of the molecule is CCCNC(=O)C(CC)N(Cc1ccccc1Cl)C(=O)CN(c1ccccc1F)S(=O)(=O)c1ccc(C)cc1. The zero-order chi connectivity index (χ0) is 28.6. The molecule has 0 fully saturated rings. The molecular formula is C29H33ClFN3O4S. The number of benzene rings is 3. The summed E-state index contributed by atoms with van der Waals surface area (Å²) in [5.41, 5.74) is 1.16. The highest BCUT2D eigenvalue weighted by molar-refractivity contribution is 7.92. The van der Waals surface area contributed by atoms with Crippen LogP contribution in [0.4, 0.5) is 10.1 Å². The van der Waals surface area contributed by atoms with Crippen LogP contribution in [-0.2, 0) is 26.2 Å². The zero-order valence-electron chi connectivity index (χ0n) is 22.2. The van der Waals surface area contributed by atoms with Gasteiger partial charge in [0.2, 0.25) is 11.8 Å². The second kappa shape index (κ2) is 13.6. The fraction of sp³-hybridized carbons (Fsp3) is 0.310. The molecule has 3 aromatic rings. The van der Waals surface area contributed by atoms with Gasteiger partial charge in [-0.05, 0) is 55.7 Å². The summed E-state index contributed by atoms with van der Waals surface area (Å²) < 4.78 is 43.3. The molecule has 0 heterocycles. The van der Waals surface area contributed by atoms with Gasteiger partial charge in [-0.2, -0.15) is 0 Å². The molecule has 3 aromatic carbocycles. The van der Waals surface area contributed by atoms with Gasteiger partial charge in [-0.1, -0.05) is 73.5 Å². The highest BCUT2D eigenvalue weighted by atomic mass is 35.5. The molecule has 0 aliphatic carbocycles. The van der Waals surface area contributed by atoms with E-state index < -0.39 is 34.3 Å². The number of anilines is 1.